The second-order valence-corrected chi connectivity index (χ2v) is 4.03. The van der Waals surface area contributed by atoms with Crippen LogP contribution < -0.4 is 5.32 Å². The van der Waals surface area contributed by atoms with E-state index in [9.17, 15) is 0 Å². The number of hydrogen-bond acceptors (Lipinski definition) is 5. The Hall–Kier alpha value is -1.17. The molecule has 0 unspecified atom stereocenters. The number of furan rings is 1. The van der Waals surface area contributed by atoms with Crippen molar-refractivity contribution in [2.45, 2.75) is 19.7 Å². The minimum absolute atomic E-state index is 0.0491. The lowest BCUT2D eigenvalue weighted by Crippen LogP contribution is -2.11. The van der Waals surface area contributed by atoms with Crippen molar-refractivity contribution in [3.63, 3.8) is 0 Å². The maximum Gasteiger partial charge on any atom is 0.129 e. The monoisotopic (exact) mass is 224 g/mol. The molecule has 4 nitrogen and oxygen atoms in total. The molecule has 2 heterocycles. The first-order chi connectivity index (χ1) is 7.38. The molecule has 0 saturated carbocycles. The molecule has 0 bridgehead atoms. The predicted molar refractivity (Wildman–Crippen MR) is 57.3 cm³/mol. The van der Waals surface area contributed by atoms with Crippen molar-refractivity contribution in [3.05, 3.63) is 40.2 Å². The molecule has 15 heavy (non-hydrogen) atoms. The topological polar surface area (TPSA) is 58.3 Å². The Morgan fingerprint density at radius 3 is 2.87 bits per heavy atom. The Kier molecular flexibility index (Phi) is 3.49. The van der Waals surface area contributed by atoms with Crippen molar-refractivity contribution in [3.8, 4) is 0 Å². The highest BCUT2D eigenvalue weighted by Gasteiger charge is 2.01. The Bertz CT molecular complexity index is 397. The highest BCUT2D eigenvalue weighted by atomic mass is 32.1. The molecule has 0 spiro atoms. The summed E-state index contributed by atoms with van der Waals surface area (Å²) >= 11 is 1.62. The van der Waals surface area contributed by atoms with Gasteiger partial charge in [-0.1, -0.05) is 0 Å². The third-order valence-corrected chi connectivity index (χ3v) is 2.71. The van der Waals surface area contributed by atoms with Crippen molar-refractivity contribution >= 4 is 11.3 Å². The second kappa shape index (κ2) is 5.06. The van der Waals surface area contributed by atoms with E-state index in [1.165, 1.54) is 0 Å². The zero-order valence-electron chi connectivity index (χ0n) is 8.14. The molecule has 0 radical (unpaired) electrons. The molecule has 0 saturated heterocycles. The second-order valence-electron chi connectivity index (χ2n) is 3.06. The summed E-state index contributed by atoms with van der Waals surface area (Å²) in [6.07, 6.45) is 1.79. The van der Waals surface area contributed by atoms with Crippen molar-refractivity contribution in [2.24, 2.45) is 0 Å². The molecule has 0 fully saturated rings. The standard InChI is InChI=1S/C10H12N2O2S/c13-7-9-2-1-8(14-9)5-11-6-10-12-3-4-15-10/h1-4,11,13H,5-7H2. The summed E-state index contributed by atoms with van der Waals surface area (Å²) in [6.45, 7) is 1.35. The zero-order chi connectivity index (χ0) is 10.5. The Morgan fingerprint density at radius 1 is 1.33 bits per heavy atom. The maximum absolute atomic E-state index is 8.80. The van der Waals surface area contributed by atoms with Gasteiger partial charge in [0.2, 0.25) is 0 Å². The van der Waals surface area contributed by atoms with Crippen LogP contribution in [0.15, 0.2) is 28.1 Å². The number of rotatable bonds is 5. The van der Waals surface area contributed by atoms with Crippen molar-refractivity contribution in [1.29, 1.82) is 0 Å². The van der Waals surface area contributed by atoms with Gasteiger partial charge in [-0.2, -0.15) is 0 Å². The Morgan fingerprint density at radius 2 is 2.20 bits per heavy atom. The van der Waals surface area contributed by atoms with Crippen LogP contribution in [0.25, 0.3) is 0 Å². The number of aliphatic hydroxyl groups excluding tert-OH is 1. The summed E-state index contributed by atoms with van der Waals surface area (Å²) in [5.74, 6) is 1.43. The van der Waals surface area contributed by atoms with Crippen molar-refractivity contribution < 1.29 is 9.52 Å². The van der Waals surface area contributed by atoms with Gasteiger partial charge in [0.1, 0.15) is 23.1 Å². The number of aromatic nitrogens is 1. The minimum Gasteiger partial charge on any atom is -0.462 e. The van der Waals surface area contributed by atoms with Gasteiger partial charge in [0.05, 0.1) is 6.54 Å². The fraction of sp³-hybridized carbons (Fsp3) is 0.300. The molecule has 2 N–H and O–H groups in total. The number of nitrogens with zero attached hydrogens (tertiary/aromatic N) is 1. The van der Waals surface area contributed by atoms with Gasteiger partial charge in [0.15, 0.2) is 0 Å². The molecule has 2 aromatic rings. The third kappa shape index (κ3) is 2.89. The summed E-state index contributed by atoms with van der Waals surface area (Å²) in [7, 11) is 0. The van der Waals surface area contributed by atoms with E-state index in [2.05, 4.69) is 10.3 Å². The number of thiazole rings is 1. The van der Waals surface area contributed by atoms with Gasteiger partial charge in [-0.25, -0.2) is 4.98 Å². The lowest BCUT2D eigenvalue weighted by Gasteiger charge is -1.98. The van der Waals surface area contributed by atoms with Gasteiger partial charge in [-0.05, 0) is 12.1 Å². The minimum atomic E-state index is -0.0491. The van der Waals surface area contributed by atoms with Crippen LogP contribution >= 0.6 is 11.3 Å². The molecule has 2 aromatic heterocycles. The smallest absolute Gasteiger partial charge is 0.129 e. The van der Waals surface area contributed by atoms with Crippen LogP contribution in [0.1, 0.15) is 16.5 Å². The van der Waals surface area contributed by atoms with Crippen LogP contribution in [-0.2, 0) is 19.7 Å². The number of nitrogens with one attached hydrogen (secondary N) is 1. The average molecular weight is 224 g/mol. The molecular formula is C10H12N2O2S. The molecule has 0 aliphatic carbocycles. The van der Waals surface area contributed by atoms with Crippen LogP contribution in [0.5, 0.6) is 0 Å². The Balaban J connectivity index is 1.78. The van der Waals surface area contributed by atoms with E-state index in [-0.39, 0.29) is 6.61 Å². The normalized spacial score (nSPS) is 10.7. The van der Waals surface area contributed by atoms with Crippen molar-refractivity contribution in [2.75, 3.05) is 0 Å². The predicted octanol–water partition coefficient (Wildman–Crippen LogP) is 1.52. The van der Waals surface area contributed by atoms with Gasteiger partial charge in [0.25, 0.3) is 0 Å². The quantitative estimate of drug-likeness (QED) is 0.808. The molecule has 0 amide bonds. The molecular weight excluding hydrogens is 212 g/mol. The van der Waals surface area contributed by atoms with E-state index in [0.29, 0.717) is 12.3 Å². The fourth-order valence-electron chi connectivity index (χ4n) is 1.24. The van der Waals surface area contributed by atoms with E-state index >= 15 is 0 Å². The molecule has 80 valence electrons. The number of hydrogen-bond donors (Lipinski definition) is 2. The molecule has 0 aliphatic rings. The molecule has 0 aromatic carbocycles. The number of aliphatic hydroxyl groups is 1. The van der Waals surface area contributed by atoms with Crippen LogP contribution in [0.2, 0.25) is 0 Å². The zero-order valence-corrected chi connectivity index (χ0v) is 8.96. The van der Waals surface area contributed by atoms with Gasteiger partial charge >= 0.3 is 0 Å². The lowest BCUT2D eigenvalue weighted by atomic mass is 10.4. The average Bonchev–Trinajstić information content (AvgIpc) is 2.88. The Labute approximate surface area is 91.6 Å². The van der Waals surface area contributed by atoms with E-state index in [0.717, 1.165) is 17.3 Å². The van der Waals surface area contributed by atoms with Gasteiger partial charge in [-0.15, -0.1) is 11.3 Å². The van der Waals surface area contributed by atoms with E-state index in [1.807, 2.05) is 11.4 Å². The van der Waals surface area contributed by atoms with E-state index < -0.39 is 0 Å². The summed E-state index contributed by atoms with van der Waals surface area (Å²) in [6, 6.07) is 3.64. The van der Waals surface area contributed by atoms with Crippen LogP contribution in [0.4, 0.5) is 0 Å². The van der Waals surface area contributed by atoms with Crippen LogP contribution in [0, 0.1) is 0 Å². The molecule has 2 rings (SSSR count). The highest BCUT2D eigenvalue weighted by Crippen LogP contribution is 2.08. The molecule has 0 aliphatic heterocycles. The summed E-state index contributed by atoms with van der Waals surface area (Å²) in [5.41, 5.74) is 0. The van der Waals surface area contributed by atoms with Crippen LogP contribution in [-0.4, -0.2) is 10.1 Å². The first-order valence-corrected chi connectivity index (χ1v) is 5.54. The maximum atomic E-state index is 8.80. The lowest BCUT2D eigenvalue weighted by molar-refractivity contribution is 0.242. The highest BCUT2D eigenvalue weighted by molar-refractivity contribution is 7.09. The summed E-state index contributed by atoms with van der Waals surface area (Å²) in [4.78, 5) is 4.15. The largest absolute Gasteiger partial charge is 0.462 e. The molecule has 5 heteroatoms. The van der Waals surface area contributed by atoms with E-state index in [1.54, 1.807) is 23.6 Å². The first kappa shape index (κ1) is 10.4. The van der Waals surface area contributed by atoms with Gasteiger partial charge in [-0.3, -0.25) is 0 Å². The first-order valence-electron chi connectivity index (χ1n) is 4.66. The fourth-order valence-corrected chi connectivity index (χ4v) is 1.82. The van der Waals surface area contributed by atoms with Crippen LogP contribution in [0.3, 0.4) is 0 Å². The molecule has 0 atom stereocenters. The van der Waals surface area contributed by atoms with Gasteiger partial charge in [0, 0.05) is 18.1 Å². The summed E-state index contributed by atoms with van der Waals surface area (Å²) < 4.78 is 5.32. The SMILES string of the molecule is OCc1ccc(CNCc2nccs2)o1. The van der Waals surface area contributed by atoms with E-state index in [4.69, 9.17) is 9.52 Å². The van der Waals surface area contributed by atoms with Gasteiger partial charge < -0.3 is 14.8 Å². The third-order valence-electron chi connectivity index (χ3n) is 1.93. The summed E-state index contributed by atoms with van der Waals surface area (Å²) in [5, 5.41) is 15.0. The van der Waals surface area contributed by atoms with Crippen molar-refractivity contribution in [1.82, 2.24) is 10.3 Å².